The monoisotopic (exact) mass is 345 g/mol. The van der Waals surface area contributed by atoms with E-state index in [1.54, 1.807) is 0 Å². The van der Waals surface area contributed by atoms with Crippen molar-refractivity contribution >= 4 is 5.96 Å². The molecule has 1 aliphatic rings. The number of aryl methyl sites for hydroxylation is 1. The van der Waals surface area contributed by atoms with Crippen molar-refractivity contribution in [3.63, 3.8) is 0 Å². The van der Waals surface area contributed by atoms with Gasteiger partial charge in [0.2, 0.25) is 0 Å². The number of benzene rings is 1. The van der Waals surface area contributed by atoms with E-state index in [-0.39, 0.29) is 0 Å². The first-order chi connectivity index (χ1) is 12.2. The van der Waals surface area contributed by atoms with Gasteiger partial charge in [0.1, 0.15) is 0 Å². The zero-order chi connectivity index (χ0) is 18.0. The molecule has 0 aliphatic heterocycles. The molecule has 4 heteroatoms. The van der Waals surface area contributed by atoms with E-state index in [2.05, 4.69) is 61.7 Å². The molecule has 1 aromatic carbocycles. The van der Waals surface area contributed by atoms with Crippen molar-refractivity contribution in [2.45, 2.75) is 58.9 Å². The quantitative estimate of drug-likeness (QED) is 0.364. The Kier molecular flexibility index (Phi) is 8.26. The van der Waals surface area contributed by atoms with E-state index >= 15 is 0 Å². The maximum atomic E-state index is 5.52. The van der Waals surface area contributed by atoms with Crippen LogP contribution in [0.25, 0.3) is 0 Å². The van der Waals surface area contributed by atoms with E-state index in [9.17, 15) is 0 Å². The largest absolute Gasteiger partial charge is 0.382 e. The Labute approximate surface area is 153 Å². The van der Waals surface area contributed by atoms with Gasteiger partial charge in [0.05, 0.1) is 0 Å². The van der Waals surface area contributed by atoms with Crippen LogP contribution in [0.3, 0.4) is 0 Å². The van der Waals surface area contributed by atoms with E-state index < -0.39 is 0 Å². The summed E-state index contributed by atoms with van der Waals surface area (Å²) in [4.78, 5) is 4.86. The molecule has 0 saturated heterocycles. The van der Waals surface area contributed by atoms with Crippen LogP contribution in [0.2, 0.25) is 0 Å². The number of ether oxygens (including phenoxy) is 1. The van der Waals surface area contributed by atoms with Crippen molar-refractivity contribution in [2.24, 2.45) is 10.4 Å². The van der Waals surface area contributed by atoms with E-state index in [1.807, 2.05) is 0 Å². The molecule has 0 heterocycles. The Morgan fingerprint density at radius 3 is 2.64 bits per heavy atom. The van der Waals surface area contributed by atoms with Gasteiger partial charge in [-0.15, -0.1) is 0 Å². The molecular formula is C21H35N3O. The van der Waals surface area contributed by atoms with Gasteiger partial charge in [-0.1, -0.05) is 30.3 Å². The molecule has 1 aromatic rings. The maximum absolute atomic E-state index is 5.52. The topological polar surface area (TPSA) is 45.7 Å². The number of hydrogen-bond donors (Lipinski definition) is 2. The van der Waals surface area contributed by atoms with Gasteiger partial charge >= 0.3 is 0 Å². The number of nitrogens with one attached hydrogen (secondary N) is 2. The van der Waals surface area contributed by atoms with Gasteiger partial charge in [-0.05, 0) is 63.9 Å². The molecule has 1 saturated carbocycles. The van der Waals surface area contributed by atoms with Gasteiger partial charge in [0.25, 0.3) is 0 Å². The standard InChI is InChI=1S/C21H35N3O/c1-4-22-20(23-17-21(13-14-21)15-16-25-5-2)24-18(3)11-12-19-9-7-6-8-10-19/h6-10,18H,4-5,11-17H2,1-3H3,(H2,22,23,24). The van der Waals surface area contributed by atoms with E-state index in [1.165, 1.54) is 18.4 Å². The minimum atomic E-state index is 0.394. The highest BCUT2D eigenvalue weighted by molar-refractivity contribution is 5.80. The summed E-state index contributed by atoms with van der Waals surface area (Å²) in [6.07, 6.45) is 5.89. The molecule has 2 N–H and O–H groups in total. The second-order valence-electron chi connectivity index (χ2n) is 7.21. The lowest BCUT2D eigenvalue weighted by molar-refractivity contribution is 0.129. The zero-order valence-electron chi connectivity index (χ0n) is 16.2. The van der Waals surface area contributed by atoms with Crippen molar-refractivity contribution in [3.8, 4) is 0 Å². The lowest BCUT2D eigenvalue weighted by Crippen LogP contribution is -2.42. The Bertz CT molecular complexity index is 511. The van der Waals surface area contributed by atoms with E-state index in [4.69, 9.17) is 9.73 Å². The number of aliphatic imine (C=N–C) groups is 1. The van der Waals surface area contributed by atoms with Crippen molar-refractivity contribution in [1.29, 1.82) is 0 Å². The first-order valence-electron chi connectivity index (χ1n) is 9.84. The highest BCUT2D eigenvalue weighted by Crippen LogP contribution is 2.48. The summed E-state index contributed by atoms with van der Waals surface area (Å²) < 4.78 is 5.52. The minimum Gasteiger partial charge on any atom is -0.382 e. The Hall–Kier alpha value is -1.55. The molecule has 1 atom stereocenters. The summed E-state index contributed by atoms with van der Waals surface area (Å²) in [5, 5.41) is 6.95. The molecule has 0 spiro atoms. The van der Waals surface area contributed by atoms with Crippen LogP contribution >= 0.6 is 0 Å². The van der Waals surface area contributed by atoms with Crippen molar-refractivity contribution < 1.29 is 4.74 Å². The molecule has 2 rings (SSSR count). The molecule has 1 unspecified atom stereocenters. The summed E-state index contributed by atoms with van der Waals surface area (Å²) in [6.45, 7) is 9.88. The molecular weight excluding hydrogens is 310 g/mol. The van der Waals surface area contributed by atoms with Gasteiger partial charge < -0.3 is 15.4 Å². The van der Waals surface area contributed by atoms with Crippen LogP contribution in [0.1, 0.15) is 52.0 Å². The summed E-state index contributed by atoms with van der Waals surface area (Å²) in [7, 11) is 0. The number of nitrogens with zero attached hydrogens (tertiary/aromatic N) is 1. The molecule has 1 aliphatic carbocycles. The van der Waals surface area contributed by atoms with Gasteiger partial charge in [-0.25, -0.2) is 0 Å². The van der Waals surface area contributed by atoms with Crippen molar-refractivity contribution in [3.05, 3.63) is 35.9 Å². The van der Waals surface area contributed by atoms with Crippen LogP contribution < -0.4 is 10.6 Å². The van der Waals surface area contributed by atoms with E-state index in [0.29, 0.717) is 11.5 Å². The highest BCUT2D eigenvalue weighted by atomic mass is 16.5. The Morgan fingerprint density at radius 1 is 1.24 bits per heavy atom. The predicted octanol–water partition coefficient (Wildman–Crippen LogP) is 3.77. The maximum Gasteiger partial charge on any atom is 0.191 e. The lowest BCUT2D eigenvalue weighted by atomic mass is 10.0. The molecule has 4 nitrogen and oxygen atoms in total. The fourth-order valence-electron chi connectivity index (χ4n) is 3.00. The van der Waals surface area contributed by atoms with Crippen LogP contribution in [0.15, 0.2) is 35.3 Å². The van der Waals surface area contributed by atoms with Gasteiger partial charge in [-0.3, -0.25) is 4.99 Å². The van der Waals surface area contributed by atoms with Crippen LogP contribution in [-0.2, 0) is 11.2 Å². The summed E-state index contributed by atoms with van der Waals surface area (Å²) in [6, 6.07) is 11.1. The average Bonchev–Trinajstić information content (AvgIpc) is 3.39. The number of rotatable bonds is 11. The van der Waals surface area contributed by atoms with Crippen LogP contribution in [0.5, 0.6) is 0 Å². The second kappa shape index (κ2) is 10.4. The van der Waals surface area contributed by atoms with Crippen LogP contribution in [0.4, 0.5) is 0 Å². The third-order valence-electron chi connectivity index (χ3n) is 4.95. The van der Waals surface area contributed by atoms with Crippen molar-refractivity contribution in [1.82, 2.24) is 10.6 Å². The van der Waals surface area contributed by atoms with Crippen molar-refractivity contribution in [2.75, 3.05) is 26.3 Å². The lowest BCUT2D eigenvalue weighted by Gasteiger charge is -2.19. The summed E-state index contributed by atoms with van der Waals surface area (Å²) in [5.74, 6) is 0.950. The minimum absolute atomic E-state index is 0.394. The SMILES string of the molecule is CCNC(=NCC1(CCOCC)CC1)NC(C)CCc1ccccc1. The Morgan fingerprint density at radius 2 is 2.00 bits per heavy atom. The van der Waals surface area contributed by atoms with Gasteiger partial charge in [-0.2, -0.15) is 0 Å². The molecule has 1 fully saturated rings. The highest BCUT2D eigenvalue weighted by Gasteiger charge is 2.41. The predicted molar refractivity (Wildman–Crippen MR) is 106 cm³/mol. The Balaban J connectivity index is 1.78. The normalized spacial score (nSPS) is 17.2. The smallest absolute Gasteiger partial charge is 0.191 e. The van der Waals surface area contributed by atoms with Crippen LogP contribution in [0, 0.1) is 5.41 Å². The summed E-state index contributed by atoms with van der Waals surface area (Å²) >= 11 is 0. The first-order valence-corrected chi connectivity index (χ1v) is 9.84. The molecule has 25 heavy (non-hydrogen) atoms. The number of hydrogen-bond acceptors (Lipinski definition) is 2. The van der Waals surface area contributed by atoms with Gasteiger partial charge in [0, 0.05) is 32.3 Å². The number of guanidine groups is 1. The van der Waals surface area contributed by atoms with E-state index in [0.717, 1.165) is 51.5 Å². The third-order valence-corrected chi connectivity index (χ3v) is 4.95. The zero-order valence-corrected chi connectivity index (χ0v) is 16.2. The fraction of sp³-hybridized carbons (Fsp3) is 0.667. The van der Waals surface area contributed by atoms with Gasteiger partial charge in [0.15, 0.2) is 5.96 Å². The third kappa shape index (κ3) is 7.47. The molecule has 0 aromatic heterocycles. The first kappa shape index (κ1) is 19.8. The molecule has 0 amide bonds. The molecule has 0 radical (unpaired) electrons. The molecule has 140 valence electrons. The average molecular weight is 346 g/mol. The second-order valence-corrected chi connectivity index (χ2v) is 7.21. The fourth-order valence-corrected chi connectivity index (χ4v) is 3.00. The van der Waals surface area contributed by atoms with Crippen LogP contribution in [-0.4, -0.2) is 38.3 Å². The summed E-state index contributed by atoms with van der Waals surface area (Å²) in [5.41, 5.74) is 1.79. The molecule has 0 bridgehead atoms.